The molecule has 0 bridgehead atoms. The highest BCUT2D eigenvalue weighted by Gasteiger charge is 2.18. The van der Waals surface area contributed by atoms with Crippen molar-refractivity contribution in [3.05, 3.63) is 83.6 Å². The minimum absolute atomic E-state index is 0.131. The Morgan fingerprint density at radius 3 is 2.29 bits per heavy atom. The van der Waals surface area contributed by atoms with E-state index in [4.69, 9.17) is 14.2 Å². The summed E-state index contributed by atoms with van der Waals surface area (Å²) >= 11 is 0. The summed E-state index contributed by atoms with van der Waals surface area (Å²) in [6, 6.07) is 18.9. The van der Waals surface area contributed by atoms with Crippen molar-refractivity contribution in [3.63, 3.8) is 0 Å². The number of rotatable bonds is 20. The molecule has 0 N–H and O–H groups in total. The molecule has 0 aliphatic carbocycles. The monoisotopic (exact) mass is 578 g/mol. The van der Waals surface area contributed by atoms with Crippen LogP contribution in [0, 0.1) is 5.92 Å². The maximum absolute atomic E-state index is 12.5. The lowest BCUT2D eigenvalue weighted by molar-refractivity contribution is -0.138. The number of aryl methyl sites for hydroxylation is 1. The second kappa shape index (κ2) is 20.7. The zero-order chi connectivity index (χ0) is 30.6. The standard InChI is InChI=1S/C37H54O5/c1-6-7-8-9-13-19-35(42-37(39)41-26-24-30(4)20-21-32-15-11-10-12-16-32)22-23-36(38)40-27-25-31(5)34-18-14-17-33(28-34)29(2)3/h10-12,14-18,25,27-31,35H,6-9,13,19-24,26H2,1-5H3/b27-25+. The molecule has 3 atom stereocenters. The number of carbonyl (C=O) groups excluding carboxylic acids is 2. The van der Waals surface area contributed by atoms with Crippen LogP contribution in [-0.2, 0) is 25.4 Å². The Hall–Kier alpha value is -3.08. The fraction of sp³-hybridized carbons (Fsp3) is 0.568. The minimum Gasteiger partial charge on any atom is -0.435 e. The number of allylic oxidation sites excluding steroid dienone is 1. The van der Waals surface area contributed by atoms with E-state index in [0.29, 0.717) is 24.9 Å². The average Bonchev–Trinajstić information content (AvgIpc) is 2.99. The summed E-state index contributed by atoms with van der Waals surface area (Å²) in [6.45, 7) is 11.1. The van der Waals surface area contributed by atoms with Gasteiger partial charge in [-0.25, -0.2) is 4.79 Å². The van der Waals surface area contributed by atoms with Gasteiger partial charge >= 0.3 is 12.1 Å². The zero-order valence-electron chi connectivity index (χ0n) is 26.7. The van der Waals surface area contributed by atoms with Crippen molar-refractivity contribution in [1.82, 2.24) is 0 Å². The van der Waals surface area contributed by atoms with Crippen molar-refractivity contribution in [2.75, 3.05) is 6.61 Å². The second-order valence-corrected chi connectivity index (χ2v) is 11.9. The first kappa shape index (κ1) is 35.1. The van der Waals surface area contributed by atoms with E-state index in [2.05, 4.69) is 83.1 Å². The van der Waals surface area contributed by atoms with Crippen molar-refractivity contribution in [3.8, 4) is 0 Å². The summed E-state index contributed by atoms with van der Waals surface area (Å²) in [5.41, 5.74) is 3.81. The van der Waals surface area contributed by atoms with Crippen molar-refractivity contribution < 1.29 is 23.8 Å². The second-order valence-electron chi connectivity index (χ2n) is 11.9. The minimum atomic E-state index is -0.644. The van der Waals surface area contributed by atoms with Gasteiger partial charge in [0.15, 0.2) is 0 Å². The Morgan fingerprint density at radius 2 is 1.55 bits per heavy atom. The molecule has 0 fully saturated rings. The van der Waals surface area contributed by atoms with Crippen LogP contribution in [0.1, 0.15) is 127 Å². The number of benzene rings is 2. The summed E-state index contributed by atoms with van der Waals surface area (Å²) in [4.78, 5) is 24.9. The van der Waals surface area contributed by atoms with Crippen LogP contribution >= 0.6 is 0 Å². The smallest absolute Gasteiger partial charge is 0.435 e. The highest BCUT2D eigenvalue weighted by Crippen LogP contribution is 2.22. The first-order chi connectivity index (χ1) is 20.3. The summed E-state index contributed by atoms with van der Waals surface area (Å²) in [7, 11) is 0. The third-order valence-corrected chi connectivity index (χ3v) is 7.83. The van der Waals surface area contributed by atoms with Gasteiger partial charge in [0.1, 0.15) is 6.10 Å². The van der Waals surface area contributed by atoms with E-state index in [1.807, 2.05) is 12.1 Å². The molecule has 0 saturated carbocycles. The molecule has 0 radical (unpaired) electrons. The predicted octanol–water partition coefficient (Wildman–Crippen LogP) is 10.3. The largest absolute Gasteiger partial charge is 0.508 e. The molecule has 42 heavy (non-hydrogen) atoms. The lowest BCUT2D eigenvalue weighted by atomic mass is 9.95. The quantitative estimate of drug-likeness (QED) is 0.0888. The van der Waals surface area contributed by atoms with Gasteiger partial charge in [0.2, 0.25) is 0 Å². The normalized spacial score (nSPS) is 13.6. The average molecular weight is 579 g/mol. The number of hydrogen-bond donors (Lipinski definition) is 0. The van der Waals surface area contributed by atoms with Crippen LogP contribution in [0.5, 0.6) is 0 Å². The van der Waals surface area contributed by atoms with Crippen LogP contribution in [0.2, 0.25) is 0 Å². The topological polar surface area (TPSA) is 61.8 Å². The first-order valence-electron chi connectivity index (χ1n) is 16.1. The van der Waals surface area contributed by atoms with E-state index < -0.39 is 6.16 Å². The van der Waals surface area contributed by atoms with Crippen LogP contribution < -0.4 is 0 Å². The first-order valence-corrected chi connectivity index (χ1v) is 16.1. The molecule has 5 nitrogen and oxygen atoms in total. The Bertz CT molecular complexity index is 1050. The van der Waals surface area contributed by atoms with E-state index in [0.717, 1.165) is 38.5 Å². The van der Waals surface area contributed by atoms with Gasteiger partial charge in [-0.3, -0.25) is 4.79 Å². The highest BCUT2D eigenvalue weighted by molar-refractivity contribution is 5.70. The number of esters is 1. The number of hydrogen-bond acceptors (Lipinski definition) is 5. The third-order valence-electron chi connectivity index (χ3n) is 7.83. The van der Waals surface area contributed by atoms with E-state index in [9.17, 15) is 9.59 Å². The maximum atomic E-state index is 12.5. The van der Waals surface area contributed by atoms with Gasteiger partial charge in [-0.05, 0) is 73.1 Å². The van der Waals surface area contributed by atoms with Crippen molar-refractivity contribution in [1.29, 1.82) is 0 Å². The van der Waals surface area contributed by atoms with Crippen molar-refractivity contribution >= 4 is 12.1 Å². The molecule has 2 rings (SSSR count). The van der Waals surface area contributed by atoms with E-state index >= 15 is 0 Å². The van der Waals surface area contributed by atoms with Gasteiger partial charge in [-0.1, -0.05) is 115 Å². The lowest BCUT2D eigenvalue weighted by Gasteiger charge is -2.18. The van der Waals surface area contributed by atoms with Gasteiger partial charge < -0.3 is 14.2 Å². The molecule has 0 aromatic heterocycles. The van der Waals surface area contributed by atoms with Gasteiger partial charge in [0.05, 0.1) is 12.9 Å². The summed E-state index contributed by atoms with van der Waals surface area (Å²) in [6.07, 6.45) is 12.2. The Kier molecular flexibility index (Phi) is 17.3. The van der Waals surface area contributed by atoms with E-state index in [1.54, 1.807) is 0 Å². The molecular formula is C37H54O5. The summed E-state index contributed by atoms with van der Waals surface area (Å²) in [5.74, 6) is 0.713. The maximum Gasteiger partial charge on any atom is 0.508 e. The van der Waals surface area contributed by atoms with Crippen LogP contribution in [-0.4, -0.2) is 24.8 Å². The molecule has 0 aliphatic rings. The molecule has 232 valence electrons. The van der Waals surface area contributed by atoms with Crippen LogP contribution in [0.15, 0.2) is 66.9 Å². The van der Waals surface area contributed by atoms with Crippen molar-refractivity contribution in [2.45, 2.75) is 123 Å². The Balaban J connectivity index is 1.76. The fourth-order valence-electron chi connectivity index (χ4n) is 4.84. The molecule has 0 aliphatic heterocycles. The van der Waals surface area contributed by atoms with Gasteiger partial charge in [-0.15, -0.1) is 0 Å². The summed E-state index contributed by atoms with van der Waals surface area (Å²) in [5, 5.41) is 0. The predicted molar refractivity (Wildman–Crippen MR) is 172 cm³/mol. The SMILES string of the molecule is CCCCCCCC(CCC(=O)O/C=C/C(C)c1cccc(C(C)C)c1)OC(=O)OCCC(C)CCc1ccccc1. The van der Waals surface area contributed by atoms with Crippen LogP contribution in [0.25, 0.3) is 0 Å². The molecule has 2 aromatic rings. The van der Waals surface area contributed by atoms with Gasteiger partial charge in [-0.2, -0.15) is 0 Å². The van der Waals surface area contributed by atoms with Crippen LogP contribution in [0.4, 0.5) is 4.79 Å². The molecule has 2 aromatic carbocycles. The third kappa shape index (κ3) is 15.2. The fourth-order valence-corrected chi connectivity index (χ4v) is 4.84. The number of carbonyl (C=O) groups is 2. The molecule has 0 heterocycles. The highest BCUT2D eigenvalue weighted by atomic mass is 16.7. The van der Waals surface area contributed by atoms with E-state index in [-0.39, 0.29) is 24.4 Å². The molecule has 0 spiro atoms. The zero-order valence-corrected chi connectivity index (χ0v) is 26.7. The number of unbranched alkanes of at least 4 members (excludes halogenated alkanes) is 4. The molecule has 3 unspecified atom stereocenters. The lowest BCUT2D eigenvalue weighted by Crippen LogP contribution is -2.21. The number of ether oxygens (including phenoxy) is 3. The van der Waals surface area contributed by atoms with Gasteiger partial charge in [0, 0.05) is 12.3 Å². The van der Waals surface area contributed by atoms with Crippen molar-refractivity contribution in [2.24, 2.45) is 5.92 Å². The molecule has 0 saturated heterocycles. The Labute approximate surface area is 255 Å². The molecular weight excluding hydrogens is 524 g/mol. The molecule has 0 amide bonds. The van der Waals surface area contributed by atoms with Crippen LogP contribution in [0.3, 0.4) is 0 Å². The Morgan fingerprint density at radius 1 is 0.810 bits per heavy atom. The van der Waals surface area contributed by atoms with E-state index in [1.165, 1.54) is 42.2 Å². The molecule has 5 heteroatoms. The summed E-state index contributed by atoms with van der Waals surface area (Å²) < 4.78 is 16.5. The van der Waals surface area contributed by atoms with Gasteiger partial charge in [0.25, 0.3) is 0 Å².